The molecule has 0 spiro atoms. The number of aliphatic hydroxyl groups is 1. The van der Waals surface area contributed by atoms with Gasteiger partial charge in [0.05, 0.1) is 19.8 Å². The highest BCUT2D eigenvalue weighted by atomic mass is 16.7. The number of hydrogen-bond donors (Lipinski definition) is 1. The minimum absolute atomic E-state index is 0.00566. The molecule has 70 valence electrons. The predicted octanol–water partition coefficient (Wildman–Crippen LogP) is -0.332. The maximum atomic E-state index is 11.3. The fraction of sp³-hybridized carbons (Fsp3) is 0.857. The Balaban J connectivity index is 2.38. The predicted molar refractivity (Wildman–Crippen MR) is 42.4 cm³/mol. The third kappa shape index (κ3) is 1.86. The summed E-state index contributed by atoms with van der Waals surface area (Å²) in [6.07, 6.45) is 0. The first-order valence-electron chi connectivity index (χ1n) is 4.09. The molecule has 0 aromatic carbocycles. The van der Waals surface area contributed by atoms with Crippen molar-refractivity contribution in [3.8, 4) is 0 Å². The zero-order chi connectivity index (χ0) is 8.97. The second-order valence-electron chi connectivity index (χ2n) is 2.51. The lowest BCUT2D eigenvalue weighted by molar-refractivity contribution is -0.0994. The minimum atomic E-state index is -0.147. The molecule has 5 heteroatoms. The van der Waals surface area contributed by atoms with E-state index < -0.39 is 0 Å². The molecule has 0 radical (unpaired) electrons. The van der Waals surface area contributed by atoms with Crippen LogP contribution in [0, 0.1) is 0 Å². The Labute approximate surface area is 71.5 Å². The molecule has 1 rings (SSSR count). The summed E-state index contributed by atoms with van der Waals surface area (Å²) in [7, 11) is 0. The van der Waals surface area contributed by atoms with Crippen molar-refractivity contribution in [2.24, 2.45) is 0 Å². The van der Waals surface area contributed by atoms with Gasteiger partial charge in [-0.15, -0.1) is 0 Å². The molecule has 2 amide bonds. The fourth-order valence-corrected chi connectivity index (χ4v) is 1.16. The van der Waals surface area contributed by atoms with Crippen molar-refractivity contribution < 1.29 is 14.7 Å². The Hall–Kier alpha value is -0.810. The summed E-state index contributed by atoms with van der Waals surface area (Å²) < 4.78 is 0. The molecular weight excluding hydrogens is 160 g/mol. The Bertz CT molecular complexity index is 147. The second-order valence-corrected chi connectivity index (χ2v) is 2.51. The van der Waals surface area contributed by atoms with Gasteiger partial charge in [-0.2, -0.15) is 0 Å². The number of amides is 2. The first-order chi connectivity index (χ1) is 5.79. The molecular formula is C7H14N2O3. The van der Waals surface area contributed by atoms with Crippen LogP contribution >= 0.6 is 0 Å². The van der Waals surface area contributed by atoms with E-state index in [4.69, 9.17) is 9.94 Å². The summed E-state index contributed by atoms with van der Waals surface area (Å²) in [4.78, 5) is 17.9. The highest BCUT2D eigenvalue weighted by Gasteiger charge is 2.28. The lowest BCUT2D eigenvalue weighted by atomic mass is 10.5. The van der Waals surface area contributed by atoms with E-state index in [2.05, 4.69) is 0 Å². The Morgan fingerprint density at radius 2 is 2.33 bits per heavy atom. The van der Waals surface area contributed by atoms with E-state index in [1.165, 1.54) is 5.06 Å². The summed E-state index contributed by atoms with van der Waals surface area (Å²) in [5.41, 5.74) is 0. The standard InChI is InChI=1S/C7H14N2O3/c1-2-12-9-4-3-8(5-6-10)7(9)11/h10H,2-6H2,1H3. The van der Waals surface area contributed by atoms with Crippen LogP contribution in [0.15, 0.2) is 0 Å². The zero-order valence-electron chi connectivity index (χ0n) is 7.19. The molecule has 0 aromatic rings. The van der Waals surface area contributed by atoms with E-state index in [9.17, 15) is 4.79 Å². The SMILES string of the molecule is CCON1CCN(CCO)C1=O. The van der Waals surface area contributed by atoms with Crippen molar-refractivity contribution in [2.45, 2.75) is 6.92 Å². The van der Waals surface area contributed by atoms with Gasteiger partial charge in [0.15, 0.2) is 0 Å². The molecule has 1 saturated heterocycles. The quantitative estimate of drug-likeness (QED) is 0.634. The van der Waals surface area contributed by atoms with E-state index in [1.807, 2.05) is 6.92 Å². The highest BCUT2D eigenvalue weighted by Crippen LogP contribution is 2.07. The zero-order valence-corrected chi connectivity index (χ0v) is 7.19. The van der Waals surface area contributed by atoms with E-state index >= 15 is 0 Å². The Morgan fingerprint density at radius 3 is 2.92 bits per heavy atom. The molecule has 1 heterocycles. The van der Waals surface area contributed by atoms with Crippen LogP contribution in [0.3, 0.4) is 0 Å². The lowest BCUT2D eigenvalue weighted by Crippen LogP contribution is -2.33. The van der Waals surface area contributed by atoms with Gasteiger partial charge in [0, 0.05) is 13.1 Å². The van der Waals surface area contributed by atoms with Crippen molar-refractivity contribution in [1.82, 2.24) is 9.96 Å². The van der Waals surface area contributed by atoms with Crippen LogP contribution in [-0.4, -0.2) is 53.9 Å². The average Bonchev–Trinajstić information content (AvgIpc) is 2.38. The van der Waals surface area contributed by atoms with E-state index in [1.54, 1.807) is 4.90 Å². The van der Waals surface area contributed by atoms with Gasteiger partial charge in [-0.3, -0.25) is 4.84 Å². The average molecular weight is 174 g/mol. The third-order valence-electron chi connectivity index (χ3n) is 1.71. The molecule has 0 atom stereocenters. The number of rotatable bonds is 4. The van der Waals surface area contributed by atoms with Crippen LogP contribution in [0.2, 0.25) is 0 Å². The van der Waals surface area contributed by atoms with Crippen molar-refractivity contribution >= 4 is 6.03 Å². The molecule has 12 heavy (non-hydrogen) atoms. The highest BCUT2D eigenvalue weighted by molar-refractivity contribution is 5.75. The maximum Gasteiger partial charge on any atom is 0.344 e. The van der Waals surface area contributed by atoms with Gasteiger partial charge in [0.2, 0.25) is 0 Å². The topological polar surface area (TPSA) is 53.0 Å². The van der Waals surface area contributed by atoms with Crippen molar-refractivity contribution in [3.63, 3.8) is 0 Å². The van der Waals surface area contributed by atoms with E-state index in [-0.39, 0.29) is 12.6 Å². The van der Waals surface area contributed by atoms with Crippen molar-refractivity contribution in [2.75, 3.05) is 32.8 Å². The number of carbonyl (C=O) groups is 1. The van der Waals surface area contributed by atoms with E-state index in [0.29, 0.717) is 26.2 Å². The van der Waals surface area contributed by atoms with E-state index in [0.717, 1.165) is 0 Å². The molecule has 1 aliphatic heterocycles. The molecule has 1 fully saturated rings. The number of aliphatic hydroxyl groups excluding tert-OH is 1. The Kier molecular flexibility index (Phi) is 3.31. The molecule has 0 saturated carbocycles. The number of hydroxylamine groups is 2. The Morgan fingerprint density at radius 1 is 1.58 bits per heavy atom. The number of hydrogen-bond acceptors (Lipinski definition) is 3. The minimum Gasteiger partial charge on any atom is -0.395 e. The van der Waals surface area contributed by atoms with Gasteiger partial charge >= 0.3 is 6.03 Å². The molecule has 0 unspecified atom stereocenters. The van der Waals surface area contributed by atoms with Crippen LogP contribution in [0.5, 0.6) is 0 Å². The third-order valence-corrected chi connectivity index (χ3v) is 1.71. The molecule has 0 aromatic heterocycles. The van der Waals surface area contributed by atoms with Gasteiger partial charge in [-0.05, 0) is 6.92 Å². The van der Waals surface area contributed by atoms with Gasteiger partial charge in [0.25, 0.3) is 0 Å². The summed E-state index contributed by atoms with van der Waals surface area (Å²) >= 11 is 0. The van der Waals surface area contributed by atoms with Crippen LogP contribution in [0.4, 0.5) is 4.79 Å². The molecule has 5 nitrogen and oxygen atoms in total. The van der Waals surface area contributed by atoms with Gasteiger partial charge in [-0.1, -0.05) is 0 Å². The number of β-amino-alcohol motifs (C(OH)–C–C–N with tert-alkyl or cyclic N) is 1. The molecule has 0 aliphatic carbocycles. The van der Waals surface area contributed by atoms with Gasteiger partial charge in [-0.25, -0.2) is 9.86 Å². The normalized spacial score (nSPS) is 17.7. The summed E-state index contributed by atoms with van der Waals surface area (Å²) in [6.45, 7) is 3.96. The monoisotopic (exact) mass is 174 g/mol. The second kappa shape index (κ2) is 4.27. The largest absolute Gasteiger partial charge is 0.395 e. The number of carbonyl (C=O) groups excluding carboxylic acids is 1. The van der Waals surface area contributed by atoms with Crippen molar-refractivity contribution in [1.29, 1.82) is 0 Å². The smallest absolute Gasteiger partial charge is 0.344 e. The van der Waals surface area contributed by atoms with Crippen LogP contribution in [0.1, 0.15) is 6.92 Å². The van der Waals surface area contributed by atoms with Gasteiger partial charge in [0.1, 0.15) is 0 Å². The molecule has 1 N–H and O–H groups in total. The van der Waals surface area contributed by atoms with Gasteiger partial charge < -0.3 is 10.0 Å². The summed E-state index contributed by atoms with van der Waals surface area (Å²) in [5.74, 6) is 0. The molecule has 0 bridgehead atoms. The lowest BCUT2D eigenvalue weighted by Gasteiger charge is -2.16. The van der Waals surface area contributed by atoms with Crippen LogP contribution in [0.25, 0.3) is 0 Å². The maximum absolute atomic E-state index is 11.3. The van der Waals surface area contributed by atoms with Crippen LogP contribution in [-0.2, 0) is 4.84 Å². The first-order valence-corrected chi connectivity index (χ1v) is 4.09. The number of nitrogens with zero attached hydrogens (tertiary/aromatic N) is 2. The fourth-order valence-electron chi connectivity index (χ4n) is 1.16. The van der Waals surface area contributed by atoms with Crippen molar-refractivity contribution in [3.05, 3.63) is 0 Å². The summed E-state index contributed by atoms with van der Waals surface area (Å²) in [5, 5.41) is 9.94. The summed E-state index contributed by atoms with van der Waals surface area (Å²) in [6, 6.07) is -0.147. The molecule has 1 aliphatic rings. The van der Waals surface area contributed by atoms with Crippen LogP contribution < -0.4 is 0 Å². The number of urea groups is 1. The first kappa shape index (κ1) is 9.28.